The van der Waals surface area contributed by atoms with Crippen LogP contribution < -0.4 is 0 Å². The van der Waals surface area contributed by atoms with Crippen LogP contribution in [0.2, 0.25) is 0 Å². The number of hydrogen-bond acceptors (Lipinski definition) is 4. The molecule has 0 unspecified atom stereocenters. The molecular formula is C13H11FN2O2. The number of ether oxygens (including phenoxy) is 1. The molecule has 4 nitrogen and oxygen atoms in total. The van der Waals surface area contributed by atoms with E-state index in [4.69, 9.17) is 4.74 Å². The standard InChI is InChI=1S/C13H11FN2O2/c1-2-18-13(17)10-7-12(16-15-8-10)9-3-5-11(14)6-4-9/h3-8H,2H2,1H3. The lowest BCUT2D eigenvalue weighted by Gasteiger charge is -2.03. The van der Waals surface area contributed by atoms with Crippen LogP contribution in [0.5, 0.6) is 0 Å². The van der Waals surface area contributed by atoms with Gasteiger partial charge in [0.25, 0.3) is 0 Å². The van der Waals surface area contributed by atoms with E-state index in [1.807, 2.05) is 0 Å². The largest absolute Gasteiger partial charge is 0.462 e. The molecule has 2 aromatic rings. The van der Waals surface area contributed by atoms with E-state index >= 15 is 0 Å². The summed E-state index contributed by atoms with van der Waals surface area (Å²) in [5.74, 6) is -0.774. The molecule has 0 radical (unpaired) electrons. The molecule has 0 saturated heterocycles. The second-order valence-corrected chi connectivity index (χ2v) is 3.56. The number of nitrogens with zero attached hydrogens (tertiary/aromatic N) is 2. The molecule has 0 fully saturated rings. The van der Waals surface area contributed by atoms with Gasteiger partial charge < -0.3 is 4.74 Å². The van der Waals surface area contributed by atoms with E-state index in [9.17, 15) is 9.18 Å². The molecule has 1 aromatic heterocycles. The van der Waals surface area contributed by atoms with Crippen molar-refractivity contribution in [3.8, 4) is 11.3 Å². The number of rotatable bonds is 3. The van der Waals surface area contributed by atoms with Gasteiger partial charge in [-0.05, 0) is 37.3 Å². The Morgan fingerprint density at radius 2 is 2.06 bits per heavy atom. The zero-order valence-corrected chi connectivity index (χ0v) is 9.76. The lowest BCUT2D eigenvalue weighted by atomic mass is 10.1. The molecule has 0 aliphatic rings. The SMILES string of the molecule is CCOC(=O)c1cnnc(-c2ccc(F)cc2)c1. The molecule has 0 bridgehead atoms. The van der Waals surface area contributed by atoms with Crippen molar-refractivity contribution in [1.82, 2.24) is 10.2 Å². The molecule has 18 heavy (non-hydrogen) atoms. The monoisotopic (exact) mass is 246 g/mol. The zero-order chi connectivity index (χ0) is 13.0. The molecule has 0 spiro atoms. The van der Waals surface area contributed by atoms with Crippen LogP contribution in [-0.4, -0.2) is 22.8 Å². The second kappa shape index (κ2) is 5.35. The average Bonchev–Trinajstić information content (AvgIpc) is 2.40. The van der Waals surface area contributed by atoms with Crippen LogP contribution >= 0.6 is 0 Å². The maximum atomic E-state index is 12.8. The van der Waals surface area contributed by atoms with Gasteiger partial charge in [0, 0.05) is 5.56 Å². The Kier molecular flexibility index (Phi) is 3.62. The lowest BCUT2D eigenvalue weighted by molar-refractivity contribution is 0.0525. The summed E-state index contributed by atoms with van der Waals surface area (Å²) in [6.07, 6.45) is 1.34. The fourth-order valence-corrected chi connectivity index (χ4v) is 1.45. The predicted octanol–water partition coefficient (Wildman–Crippen LogP) is 2.46. The Hall–Kier alpha value is -2.30. The minimum atomic E-state index is -0.448. The Bertz CT molecular complexity index is 555. The summed E-state index contributed by atoms with van der Waals surface area (Å²) < 4.78 is 17.7. The highest BCUT2D eigenvalue weighted by molar-refractivity contribution is 5.90. The number of hydrogen-bond donors (Lipinski definition) is 0. The molecular weight excluding hydrogens is 235 g/mol. The zero-order valence-electron chi connectivity index (χ0n) is 9.76. The number of carbonyl (C=O) groups excluding carboxylic acids is 1. The average molecular weight is 246 g/mol. The molecule has 1 aromatic carbocycles. The normalized spacial score (nSPS) is 10.1. The van der Waals surface area contributed by atoms with Gasteiger partial charge in [-0.1, -0.05) is 0 Å². The molecule has 0 aliphatic carbocycles. The van der Waals surface area contributed by atoms with Crippen LogP contribution in [0.15, 0.2) is 36.5 Å². The van der Waals surface area contributed by atoms with E-state index in [0.717, 1.165) is 0 Å². The fourth-order valence-electron chi connectivity index (χ4n) is 1.45. The van der Waals surface area contributed by atoms with Crippen molar-refractivity contribution in [2.24, 2.45) is 0 Å². The number of aromatic nitrogens is 2. The summed E-state index contributed by atoms with van der Waals surface area (Å²) in [6.45, 7) is 2.03. The van der Waals surface area contributed by atoms with Crippen LogP contribution in [0.1, 0.15) is 17.3 Å². The third kappa shape index (κ3) is 2.68. The third-order valence-electron chi connectivity index (χ3n) is 2.31. The molecule has 0 saturated carbocycles. The van der Waals surface area contributed by atoms with Gasteiger partial charge in [0.2, 0.25) is 0 Å². The lowest BCUT2D eigenvalue weighted by Crippen LogP contribution is -2.06. The highest BCUT2D eigenvalue weighted by atomic mass is 19.1. The van der Waals surface area contributed by atoms with Crippen LogP contribution in [0, 0.1) is 5.82 Å². The fraction of sp³-hybridized carbons (Fsp3) is 0.154. The first kappa shape index (κ1) is 12.2. The van der Waals surface area contributed by atoms with Crippen LogP contribution in [-0.2, 0) is 4.74 Å². The van der Waals surface area contributed by atoms with Gasteiger partial charge in [0.1, 0.15) is 5.82 Å². The summed E-state index contributed by atoms with van der Waals surface area (Å²) in [7, 11) is 0. The van der Waals surface area contributed by atoms with Gasteiger partial charge in [-0.15, -0.1) is 0 Å². The van der Waals surface area contributed by atoms with Crippen molar-refractivity contribution in [2.45, 2.75) is 6.92 Å². The molecule has 92 valence electrons. The van der Waals surface area contributed by atoms with Gasteiger partial charge in [0.15, 0.2) is 0 Å². The van der Waals surface area contributed by atoms with Crippen molar-refractivity contribution in [3.05, 3.63) is 47.9 Å². The van der Waals surface area contributed by atoms with E-state index < -0.39 is 5.97 Å². The molecule has 0 aliphatic heterocycles. The van der Waals surface area contributed by atoms with Gasteiger partial charge in [-0.2, -0.15) is 10.2 Å². The maximum Gasteiger partial charge on any atom is 0.339 e. The minimum absolute atomic E-state index is 0.299. The van der Waals surface area contributed by atoms with E-state index in [-0.39, 0.29) is 5.82 Å². The molecule has 0 N–H and O–H groups in total. The minimum Gasteiger partial charge on any atom is -0.462 e. The van der Waals surface area contributed by atoms with Crippen LogP contribution in [0.4, 0.5) is 4.39 Å². The van der Waals surface area contributed by atoms with Crippen molar-refractivity contribution < 1.29 is 13.9 Å². The van der Waals surface area contributed by atoms with E-state index in [1.165, 1.54) is 18.3 Å². The van der Waals surface area contributed by atoms with Crippen molar-refractivity contribution in [2.75, 3.05) is 6.61 Å². The van der Waals surface area contributed by atoms with Gasteiger partial charge in [0.05, 0.1) is 24.1 Å². The molecule has 1 heterocycles. The quantitative estimate of drug-likeness (QED) is 0.780. The molecule has 2 rings (SSSR count). The van der Waals surface area contributed by atoms with Crippen molar-refractivity contribution in [3.63, 3.8) is 0 Å². The van der Waals surface area contributed by atoms with Crippen molar-refractivity contribution >= 4 is 5.97 Å². The number of benzene rings is 1. The summed E-state index contributed by atoms with van der Waals surface area (Å²) in [5.41, 5.74) is 1.52. The smallest absolute Gasteiger partial charge is 0.339 e. The first-order valence-electron chi connectivity index (χ1n) is 5.46. The summed E-state index contributed by atoms with van der Waals surface area (Å²) >= 11 is 0. The van der Waals surface area contributed by atoms with Gasteiger partial charge >= 0.3 is 5.97 Å². The van der Waals surface area contributed by atoms with Crippen LogP contribution in [0.3, 0.4) is 0 Å². The predicted molar refractivity (Wildman–Crippen MR) is 63.4 cm³/mol. The third-order valence-corrected chi connectivity index (χ3v) is 2.31. The Morgan fingerprint density at radius 3 is 2.72 bits per heavy atom. The van der Waals surface area contributed by atoms with E-state index in [1.54, 1.807) is 25.1 Å². The molecule has 0 amide bonds. The van der Waals surface area contributed by atoms with Crippen LogP contribution in [0.25, 0.3) is 11.3 Å². The van der Waals surface area contributed by atoms with Gasteiger partial charge in [-0.25, -0.2) is 9.18 Å². The summed E-state index contributed by atoms with van der Waals surface area (Å²) in [5, 5.41) is 7.64. The van der Waals surface area contributed by atoms with E-state index in [0.29, 0.717) is 23.4 Å². The Labute approximate surface area is 103 Å². The Balaban J connectivity index is 2.32. The first-order chi connectivity index (χ1) is 8.70. The number of carbonyl (C=O) groups is 1. The molecule has 0 atom stereocenters. The second-order valence-electron chi connectivity index (χ2n) is 3.56. The summed E-state index contributed by atoms with van der Waals surface area (Å²) in [6, 6.07) is 7.38. The van der Waals surface area contributed by atoms with E-state index in [2.05, 4.69) is 10.2 Å². The topological polar surface area (TPSA) is 52.1 Å². The van der Waals surface area contributed by atoms with Gasteiger partial charge in [-0.3, -0.25) is 0 Å². The maximum absolute atomic E-state index is 12.8. The highest BCUT2D eigenvalue weighted by Crippen LogP contribution is 2.17. The number of halogens is 1. The summed E-state index contributed by atoms with van der Waals surface area (Å²) in [4.78, 5) is 11.5. The van der Waals surface area contributed by atoms with Crippen molar-refractivity contribution in [1.29, 1.82) is 0 Å². The Morgan fingerprint density at radius 1 is 1.33 bits per heavy atom. The number of esters is 1. The highest BCUT2D eigenvalue weighted by Gasteiger charge is 2.09. The first-order valence-corrected chi connectivity index (χ1v) is 5.46. The molecule has 5 heteroatoms.